The average molecular weight is 377 g/mol. The molecule has 2 aromatic rings. The van der Waals surface area contributed by atoms with Crippen molar-refractivity contribution in [3.8, 4) is 0 Å². The molecule has 2 heterocycles. The van der Waals surface area contributed by atoms with Crippen molar-refractivity contribution in [3.05, 3.63) is 51.8 Å². The summed E-state index contributed by atoms with van der Waals surface area (Å²) in [6.45, 7) is 8.25. The maximum absolute atomic E-state index is 12.9. The number of allylic oxidation sites excluding steroid dienone is 1. The Labute approximate surface area is 143 Å². The standard InChI is InChI=1S/C17H17BrN2OS/c1-10-9-17(3,4)22-16-19-11(2)14(20(10)16)15(21)12-5-7-13(18)8-6-12/h5-9H,1-4H3. The number of hydrogen-bond donors (Lipinski definition) is 0. The SMILES string of the molecule is CC1=CC(C)(C)Sc2nc(C)c(C(=O)c3ccc(Br)cc3)n21. The normalized spacial score (nSPS) is 16.1. The first-order chi connectivity index (χ1) is 10.3. The largest absolute Gasteiger partial charge is 0.288 e. The number of benzene rings is 1. The highest BCUT2D eigenvalue weighted by atomic mass is 79.9. The van der Waals surface area contributed by atoms with Crippen LogP contribution in [0.25, 0.3) is 5.70 Å². The van der Waals surface area contributed by atoms with Crippen molar-refractivity contribution in [3.63, 3.8) is 0 Å². The number of nitrogens with zero attached hydrogens (tertiary/aromatic N) is 2. The van der Waals surface area contributed by atoms with Crippen LogP contribution < -0.4 is 0 Å². The molecule has 1 aromatic heterocycles. The van der Waals surface area contributed by atoms with Crippen LogP contribution in [0.5, 0.6) is 0 Å². The van der Waals surface area contributed by atoms with Gasteiger partial charge in [-0.2, -0.15) is 0 Å². The molecule has 0 amide bonds. The minimum Gasteiger partial charge on any atom is -0.288 e. The number of thioether (sulfide) groups is 1. The van der Waals surface area contributed by atoms with E-state index in [-0.39, 0.29) is 10.5 Å². The first-order valence-electron chi connectivity index (χ1n) is 7.07. The van der Waals surface area contributed by atoms with Crippen molar-refractivity contribution < 1.29 is 4.79 Å². The summed E-state index contributed by atoms with van der Waals surface area (Å²) in [7, 11) is 0. The maximum atomic E-state index is 12.9. The lowest BCUT2D eigenvalue weighted by Gasteiger charge is -2.27. The number of aryl methyl sites for hydroxylation is 1. The fourth-order valence-corrected chi connectivity index (χ4v) is 4.21. The Morgan fingerprint density at radius 1 is 1.23 bits per heavy atom. The third-order valence-electron chi connectivity index (χ3n) is 3.61. The Morgan fingerprint density at radius 2 is 1.86 bits per heavy atom. The van der Waals surface area contributed by atoms with Gasteiger partial charge in [-0.1, -0.05) is 27.7 Å². The van der Waals surface area contributed by atoms with Crippen molar-refractivity contribution in [2.75, 3.05) is 0 Å². The fraction of sp³-hybridized carbons (Fsp3) is 0.294. The third-order valence-corrected chi connectivity index (χ3v) is 5.24. The second kappa shape index (κ2) is 5.39. The number of carbonyl (C=O) groups is 1. The van der Waals surface area contributed by atoms with Gasteiger partial charge >= 0.3 is 0 Å². The van der Waals surface area contributed by atoms with E-state index in [1.807, 2.05) is 42.7 Å². The highest BCUT2D eigenvalue weighted by molar-refractivity contribution is 9.10. The number of imidazole rings is 1. The van der Waals surface area contributed by atoms with Crippen molar-refractivity contribution in [2.45, 2.75) is 37.6 Å². The zero-order valence-electron chi connectivity index (χ0n) is 13.0. The summed E-state index contributed by atoms with van der Waals surface area (Å²) in [5.41, 5.74) is 3.17. The molecule has 3 rings (SSSR count). The summed E-state index contributed by atoms with van der Waals surface area (Å²) in [5, 5.41) is 0.892. The van der Waals surface area contributed by atoms with E-state index in [4.69, 9.17) is 0 Å². The molecule has 0 spiro atoms. The van der Waals surface area contributed by atoms with Crippen LogP contribution in [0, 0.1) is 6.92 Å². The van der Waals surface area contributed by atoms with Gasteiger partial charge in [-0.05, 0) is 58.0 Å². The van der Waals surface area contributed by atoms with Crippen LogP contribution in [0.15, 0.2) is 40.0 Å². The Morgan fingerprint density at radius 3 is 2.50 bits per heavy atom. The number of halogens is 1. The lowest BCUT2D eigenvalue weighted by Crippen LogP contribution is -2.20. The molecule has 0 unspecified atom stereocenters. The van der Waals surface area contributed by atoms with Gasteiger partial charge in [-0.3, -0.25) is 9.36 Å². The molecule has 0 bridgehead atoms. The Kier molecular flexibility index (Phi) is 3.81. The van der Waals surface area contributed by atoms with Gasteiger partial charge in [0.15, 0.2) is 5.16 Å². The summed E-state index contributed by atoms with van der Waals surface area (Å²) in [6.07, 6.45) is 2.18. The summed E-state index contributed by atoms with van der Waals surface area (Å²) in [4.78, 5) is 17.5. The fourth-order valence-electron chi connectivity index (χ4n) is 2.74. The summed E-state index contributed by atoms with van der Waals surface area (Å²) in [6, 6.07) is 7.45. The van der Waals surface area contributed by atoms with Crippen LogP contribution in [0.3, 0.4) is 0 Å². The highest BCUT2D eigenvalue weighted by Crippen LogP contribution is 2.41. The molecule has 5 heteroatoms. The molecule has 1 aliphatic rings. The summed E-state index contributed by atoms with van der Waals surface area (Å²) < 4.78 is 2.94. The van der Waals surface area contributed by atoms with Crippen LogP contribution in [-0.2, 0) is 0 Å². The van der Waals surface area contributed by atoms with E-state index in [0.717, 1.165) is 21.0 Å². The van der Waals surface area contributed by atoms with Crippen LogP contribution in [-0.4, -0.2) is 20.1 Å². The first-order valence-corrected chi connectivity index (χ1v) is 8.68. The van der Waals surface area contributed by atoms with Crippen LogP contribution in [0.2, 0.25) is 0 Å². The van der Waals surface area contributed by atoms with Gasteiger partial charge in [0.1, 0.15) is 5.69 Å². The smallest absolute Gasteiger partial charge is 0.211 e. The molecule has 0 radical (unpaired) electrons. The molecule has 0 N–H and O–H groups in total. The third kappa shape index (κ3) is 2.68. The predicted molar refractivity (Wildman–Crippen MR) is 94.4 cm³/mol. The van der Waals surface area contributed by atoms with E-state index in [1.54, 1.807) is 11.8 Å². The minimum atomic E-state index is -0.00416. The number of ketones is 1. The molecule has 0 aliphatic carbocycles. The zero-order chi connectivity index (χ0) is 16.1. The van der Waals surface area contributed by atoms with E-state index >= 15 is 0 Å². The molecule has 1 aromatic carbocycles. The number of aromatic nitrogens is 2. The highest BCUT2D eigenvalue weighted by Gasteiger charge is 2.31. The monoisotopic (exact) mass is 376 g/mol. The maximum Gasteiger partial charge on any atom is 0.211 e. The molecular weight excluding hydrogens is 360 g/mol. The number of carbonyl (C=O) groups excluding carboxylic acids is 1. The van der Waals surface area contributed by atoms with E-state index < -0.39 is 0 Å². The number of fused-ring (bicyclic) bond motifs is 1. The topological polar surface area (TPSA) is 34.9 Å². The number of hydrogen-bond acceptors (Lipinski definition) is 3. The van der Waals surface area contributed by atoms with Crippen molar-refractivity contribution in [1.82, 2.24) is 9.55 Å². The van der Waals surface area contributed by atoms with Gasteiger partial charge in [-0.15, -0.1) is 0 Å². The number of rotatable bonds is 2. The van der Waals surface area contributed by atoms with Gasteiger partial charge in [-0.25, -0.2) is 4.98 Å². The average Bonchev–Trinajstić information content (AvgIpc) is 2.73. The second-order valence-corrected chi connectivity index (χ2v) is 8.53. The van der Waals surface area contributed by atoms with Crippen molar-refractivity contribution in [1.29, 1.82) is 0 Å². The Bertz CT molecular complexity index is 788. The molecule has 114 valence electrons. The van der Waals surface area contributed by atoms with Gasteiger partial charge in [0.05, 0.1) is 5.69 Å². The van der Waals surface area contributed by atoms with Gasteiger partial charge in [0.25, 0.3) is 0 Å². The van der Waals surface area contributed by atoms with E-state index in [2.05, 4.69) is 40.8 Å². The molecule has 22 heavy (non-hydrogen) atoms. The molecule has 1 aliphatic heterocycles. The van der Waals surface area contributed by atoms with Crippen LogP contribution >= 0.6 is 27.7 Å². The van der Waals surface area contributed by atoms with Crippen molar-refractivity contribution >= 4 is 39.2 Å². The minimum absolute atomic E-state index is 0.00416. The summed E-state index contributed by atoms with van der Waals surface area (Å²) >= 11 is 5.08. The zero-order valence-corrected chi connectivity index (χ0v) is 15.4. The van der Waals surface area contributed by atoms with Crippen LogP contribution in [0.4, 0.5) is 0 Å². The quantitative estimate of drug-likeness (QED) is 0.696. The first kappa shape index (κ1) is 15.6. The lowest BCUT2D eigenvalue weighted by atomic mass is 10.1. The lowest BCUT2D eigenvalue weighted by molar-refractivity contribution is 0.103. The van der Waals surface area contributed by atoms with E-state index in [9.17, 15) is 4.79 Å². The molecule has 0 fully saturated rings. The van der Waals surface area contributed by atoms with Crippen LogP contribution in [0.1, 0.15) is 42.5 Å². The molecule has 3 nitrogen and oxygen atoms in total. The molecule has 0 saturated carbocycles. The van der Waals surface area contributed by atoms with Gasteiger partial charge < -0.3 is 0 Å². The molecule has 0 saturated heterocycles. The van der Waals surface area contributed by atoms with Gasteiger partial charge in [0, 0.05) is 20.5 Å². The van der Waals surface area contributed by atoms with Gasteiger partial charge in [0.2, 0.25) is 5.78 Å². The summed E-state index contributed by atoms with van der Waals surface area (Å²) in [5.74, 6) is 0.0109. The van der Waals surface area contributed by atoms with E-state index in [1.165, 1.54) is 0 Å². The molecular formula is C17H17BrN2OS. The predicted octanol–water partition coefficient (Wildman–Crippen LogP) is 4.93. The Hall–Kier alpha value is -1.33. The molecule has 0 atom stereocenters. The van der Waals surface area contributed by atoms with E-state index in [0.29, 0.717) is 11.3 Å². The Balaban J connectivity index is 2.12. The second-order valence-electron chi connectivity index (χ2n) is 5.99. The van der Waals surface area contributed by atoms with Crippen molar-refractivity contribution in [2.24, 2.45) is 0 Å².